The second kappa shape index (κ2) is 5.90. The molecule has 1 aromatic carbocycles. The highest BCUT2D eigenvalue weighted by Crippen LogP contribution is 2.28. The molecule has 0 aromatic heterocycles. The van der Waals surface area contributed by atoms with Gasteiger partial charge in [-0.2, -0.15) is 0 Å². The van der Waals surface area contributed by atoms with E-state index in [2.05, 4.69) is 5.32 Å². The molecule has 6 heteroatoms. The second-order valence-corrected chi connectivity index (χ2v) is 4.62. The highest BCUT2D eigenvalue weighted by atomic mass is 16.6. The second-order valence-electron chi connectivity index (χ2n) is 4.62. The van der Waals surface area contributed by atoms with E-state index in [0.717, 1.165) is 17.4 Å². The van der Waals surface area contributed by atoms with Crippen molar-refractivity contribution < 1.29 is 14.5 Å². The van der Waals surface area contributed by atoms with Gasteiger partial charge in [0.1, 0.15) is 24.5 Å². The van der Waals surface area contributed by atoms with Crippen LogP contribution in [-0.4, -0.2) is 36.4 Å². The first-order valence-corrected chi connectivity index (χ1v) is 6.13. The number of carbonyl (C=O) groups is 1. The Morgan fingerprint density at radius 1 is 1.53 bits per heavy atom. The highest BCUT2D eigenvalue weighted by Gasteiger charge is 2.35. The molecule has 6 nitrogen and oxygen atoms in total. The van der Waals surface area contributed by atoms with Crippen LogP contribution in [-0.2, 0) is 9.53 Å². The molecule has 2 rings (SSSR count). The number of nitro groups is 1. The van der Waals surface area contributed by atoms with Gasteiger partial charge in [-0.1, -0.05) is 24.3 Å². The van der Waals surface area contributed by atoms with Crippen molar-refractivity contribution in [2.75, 3.05) is 13.1 Å². The minimum atomic E-state index is -0.562. The lowest BCUT2D eigenvalue weighted by atomic mass is 9.96. The van der Waals surface area contributed by atoms with Crippen LogP contribution in [0.25, 0.3) is 0 Å². The summed E-state index contributed by atoms with van der Waals surface area (Å²) >= 11 is 0. The first-order chi connectivity index (χ1) is 9.11. The van der Waals surface area contributed by atoms with E-state index in [1.807, 2.05) is 31.2 Å². The molecule has 19 heavy (non-hydrogen) atoms. The van der Waals surface area contributed by atoms with Gasteiger partial charge in [-0.15, -0.1) is 0 Å². The molecule has 1 saturated heterocycles. The zero-order valence-electron chi connectivity index (χ0n) is 10.6. The molecule has 102 valence electrons. The third-order valence-corrected chi connectivity index (χ3v) is 3.26. The molecule has 3 atom stereocenters. The van der Waals surface area contributed by atoms with Crippen LogP contribution in [0.15, 0.2) is 24.3 Å². The van der Waals surface area contributed by atoms with Crippen molar-refractivity contribution in [3.05, 3.63) is 45.5 Å². The van der Waals surface area contributed by atoms with Crippen LogP contribution in [0.1, 0.15) is 17.2 Å². The molecule has 0 radical (unpaired) electrons. The number of hydrogen-bond acceptors (Lipinski definition) is 5. The number of benzene rings is 1. The fourth-order valence-corrected chi connectivity index (χ4v) is 2.30. The molecular formula is C13H16N2O4. The normalized spacial score (nSPS) is 26.9. The van der Waals surface area contributed by atoms with Crippen molar-refractivity contribution in [2.45, 2.75) is 25.2 Å². The minimum absolute atomic E-state index is 0.232. The number of carbonyl (C=O) groups excluding carboxylic acids is 1. The summed E-state index contributed by atoms with van der Waals surface area (Å²) in [7, 11) is 0. The fraction of sp³-hybridized carbons (Fsp3) is 0.462. The van der Waals surface area contributed by atoms with Crippen LogP contribution in [0.3, 0.4) is 0 Å². The maximum atomic E-state index is 10.9. The molecule has 1 unspecified atom stereocenters. The molecule has 1 heterocycles. The zero-order valence-corrected chi connectivity index (χ0v) is 10.6. The lowest BCUT2D eigenvalue weighted by Gasteiger charge is -2.34. The maximum absolute atomic E-state index is 10.9. The van der Waals surface area contributed by atoms with Crippen molar-refractivity contribution in [3.8, 4) is 0 Å². The number of nitrogens with one attached hydrogen (secondary N) is 1. The van der Waals surface area contributed by atoms with Crippen LogP contribution in [0.4, 0.5) is 0 Å². The third-order valence-electron chi connectivity index (χ3n) is 3.26. The highest BCUT2D eigenvalue weighted by molar-refractivity contribution is 5.56. The Hall–Kier alpha value is -1.79. The molecule has 0 amide bonds. The van der Waals surface area contributed by atoms with Crippen LogP contribution in [0.2, 0.25) is 0 Å². The number of nitrogens with zero attached hydrogens (tertiary/aromatic N) is 1. The Kier molecular flexibility index (Phi) is 4.24. The molecule has 1 N–H and O–H groups in total. The van der Waals surface area contributed by atoms with E-state index < -0.39 is 18.2 Å². The summed E-state index contributed by atoms with van der Waals surface area (Å²) in [6.45, 7) is 2.00. The van der Waals surface area contributed by atoms with Crippen molar-refractivity contribution in [3.63, 3.8) is 0 Å². The Morgan fingerprint density at radius 3 is 2.89 bits per heavy atom. The summed E-state index contributed by atoms with van der Waals surface area (Å²) in [6.07, 6.45) is -0.316. The Labute approximate surface area is 110 Å². The van der Waals surface area contributed by atoms with Crippen LogP contribution < -0.4 is 5.32 Å². The van der Waals surface area contributed by atoms with Gasteiger partial charge in [-0.3, -0.25) is 10.1 Å². The van der Waals surface area contributed by atoms with Gasteiger partial charge in [0, 0.05) is 11.5 Å². The lowest BCUT2D eigenvalue weighted by molar-refractivity contribution is -0.487. The molecule has 0 spiro atoms. The SMILES string of the molecule is Cc1ccccc1C1O[C@@H](C=O)CN[C@@H]1C[N+](=O)[O-]. The summed E-state index contributed by atoms with van der Waals surface area (Å²) in [5, 5.41) is 13.8. The van der Waals surface area contributed by atoms with E-state index in [1.54, 1.807) is 0 Å². The lowest BCUT2D eigenvalue weighted by Crippen LogP contribution is -2.51. The molecule has 1 fully saturated rings. The van der Waals surface area contributed by atoms with Crippen molar-refractivity contribution >= 4 is 6.29 Å². The third kappa shape index (κ3) is 3.15. The Bertz CT molecular complexity index is 477. The van der Waals surface area contributed by atoms with Crippen molar-refractivity contribution in [2.24, 2.45) is 0 Å². The molecule has 1 aliphatic rings. The van der Waals surface area contributed by atoms with Crippen LogP contribution in [0.5, 0.6) is 0 Å². The van der Waals surface area contributed by atoms with Gasteiger partial charge < -0.3 is 14.8 Å². The van der Waals surface area contributed by atoms with Crippen molar-refractivity contribution in [1.29, 1.82) is 0 Å². The number of aryl methyl sites for hydroxylation is 1. The van der Waals surface area contributed by atoms with Crippen molar-refractivity contribution in [1.82, 2.24) is 5.32 Å². The summed E-state index contributed by atoms with van der Waals surface area (Å²) in [5.41, 5.74) is 1.88. The summed E-state index contributed by atoms with van der Waals surface area (Å²) in [4.78, 5) is 21.2. The standard InChI is InChI=1S/C13H16N2O4/c1-9-4-2-3-5-11(9)13-12(7-15(17)18)14-6-10(8-16)19-13/h2-5,8,10,12-14H,6-7H2,1H3/t10-,12-,13?/m1/s1. The maximum Gasteiger partial charge on any atom is 0.221 e. The molecule has 0 bridgehead atoms. The smallest absolute Gasteiger partial charge is 0.221 e. The van der Waals surface area contributed by atoms with E-state index in [9.17, 15) is 14.9 Å². The Balaban J connectivity index is 2.27. The molecule has 1 aromatic rings. The van der Waals surface area contributed by atoms with E-state index in [4.69, 9.17) is 4.74 Å². The van der Waals surface area contributed by atoms with Gasteiger partial charge >= 0.3 is 0 Å². The van der Waals surface area contributed by atoms with E-state index in [1.165, 1.54) is 0 Å². The van der Waals surface area contributed by atoms with Gasteiger partial charge in [-0.05, 0) is 18.1 Å². The molecule has 0 saturated carbocycles. The number of ether oxygens (including phenoxy) is 1. The predicted octanol–water partition coefficient (Wildman–Crippen LogP) is 0.869. The largest absolute Gasteiger partial charge is 0.360 e. The average molecular weight is 264 g/mol. The molecule has 1 aliphatic heterocycles. The average Bonchev–Trinajstić information content (AvgIpc) is 2.39. The first-order valence-electron chi connectivity index (χ1n) is 6.13. The summed E-state index contributed by atoms with van der Waals surface area (Å²) < 4.78 is 5.68. The predicted molar refractivity (Wildman–Crippen MR) is 68.5 cm³/mol. The number of rotatable bonds is 4. The van der Waals surface area contributed by atoms with E-state index in [-0.39, 0.29) is 11.5 Å². The van der Waals surface area contributed by atoms with Gasteiger partial charge in [-0.25, -0.2) is 0 Å². The zero-order chi connectivity index (χ0) is 13.8. The number of aldehydes is 1. The number of morpholine rings is 1. The molecular weight excluding hydrogens is 248 g/mol. The van der Waals surface area contributed by atoms with Crippen LogP contribution in [0, 0.1) is 17.0 Å². The van der Waals surface area contributed by atoms with Gasteiger partial charge in [0.05, 0.1) is 0 Å². The minimum Gasteiger partial charge on any atom is -0.360 e. The van der Waals surface area contributed by atoms with E-state index in [0.29, 0.717) is 6.54 Å². The summed E-state index contributed by atoms with van der Waals surface area (Å²) in [6, 6.07) is 7.13. The van der Waals surface area contributed by atoms with Gasteiger partial charge in [0.25, 0.3) is 0 Å². The first kappa shape index (κ1) is 13.6. The van der Waals surface area contributed by atoms with Gasteiger partial charge in [0.2, 0.25) is 6.54 Å². The van der Waals surface area contributed by atoms with E-state index >= 15 is 0 Å². The Morgan fingerprint density at radius 2 is 2.26 bits per heavy atom. The quantitative estimate of drug-likeness (QED) is 0.495. The fourth-order valence-electron chi connectivity index (χ4n) is 2.30. The molecule has 0 aliphatic carbocycles. The monoisotopic (exact) mass is 264 g/mol. The van der Waals surface area contributed by atoms with Crippen LogP contribution >= 0.6 is 0 Å². The topological polar surface area (TPSA) is 81.5 Å². The van der Waals surface area contributed by atoms with Gasteiger partial charge in [0.15, 0.2) is 0 Å². The number of hydrogen-bond donors (Lipinski definition) is 1. The summed E-state index contributed by atoms with van der Waals surface area (Å²) in [5.74, 6) is 0.